The number of carbonyl (C=O) groups is 1. The van der Waals surface area contributed by atoms with Crippen LogP contribution in [-0.2, 0) is 4.74 Å². The van der Waals surface area contributed by atoms with Crippen LogP contribution < -0.4 is 0 Å². The second kappa shape index (κ2) is 8.37. The molecule has 0 aliphatic rings. The van der Waals surface area contributed by atoms with Crippen LogP contribution in [0.3, 0.4) is 0 Å². The first-order valence-electron chi connectivity index (χ1n) is 8.96. The maximum absolute atomic E-state index is 12.6. The molecule has 0 spiro atoms. The minimum atomic E-state index is -0.482. The first-order valence-corrected chi connectivity index (χ1v) is 8.96. The molecule has 3 aromatic rings. The number of aromatic nitrogens is 1. The van der Waals surface area contributed by atoms with Gasteiger partial charge in [0.2, 0.25) is 0 Å². The Morgan fingerprint density at radius 2 is 1.61 bits per heavy atom. The van der Waals surface area contributed by atoms with Crippen molar-refractivity contribution in [2.24, 2.45) is 5.11 Å². The summed E-state index contributed by atoms with van der Waals surface area (Å²) in [4.78, 5) is 19.9. The number of azide groups is 1. The van der Waals surface area contributed by atoms with Gasteiger partial charge in [0.1, 0.15) is 0 Å². The van der Waals surface area contributed by atoms with Gasteiger partial charge in [0.15, 0.2) is 0 Å². The SMILES string of the molecule is CCOC(=O)c1c(C)nc(C)c(N=[N+]=[N-])c1-c1ccc(-c2ccccc2)cc1. The highest BCUT2D eigenvalue weighted by Gasteiger charge is 2.23. The van der Waals surface area contributed by atoms with Gasteiger partial charge in [0.05, 0.1) is 23.6 Å². The van der Waals surface area contributed by atoms with Crippen molar-refractivity contribution in [3.05, 3.63) is 82.0 Å². The quantitative estimate of drug-likeness (QED) is 0.233. The zero-order valence-electron chi connectivity index (χ0n) is 16.0. The Labute approximate surface area is 163 Å². The number of ether oxygens (including phenoxy) is 1. The molecule has 0 saturated carbocycles. The summed E-state index contributed by atoms with van der Waals surface area (Å²) in [5, 5.41) is 3.82. The number of esters is 1. The van der Waals surface area contributed by atoms with Crippen LogP contribution in [0.25, 0.3) is 32.7 Å². The Kier molecular flexibility index (Phi) is 5.72. The number of rotatable bonds is 5. The third-order valence-corrected chi connectivity index (χ3v) is 4.43. The topological polar surface area (TPSA) is 88.0 Å². The summed E-state index contributed by atoms with van der Waals surface area (Å²) in [6, 6.07) is 17.8. The summed E-state index contributed by atoms with van der Waals surface area (Å²) in [6.45, 7) is 5.50. The van der Waals surface area contributed by atoms with Crippen molar-refractivity contribution in [2.45, 2.75) is 20.8 Å². The zero-order chi connectivity index (χ0) is 20.1. The number of aryl methyl sites for hydroxylation is 2. The smallest absolute Gasteiger partial charge is 0.340 e. The second-order valence-electron chi connectivity index (χ2n) is 6.23. The number of carbonyl (C=O) groups excluding carboxylic acids is 1. The fourth-order valence-corrected chi connectivity index (χ4v) is 3.20. The lowest BCUT2D eigenvalue weighted by molar-refractivity contribution is 0.0526. The highest BCUT2D eigenvalue weighted by molar-refractivity contribution is 6.02. The molecule has 1 heterocycles. The van der Waals surface area contributed by atoms with E-state index in [4.69, 9.17) is 10.3 Å². The van der Waals surface area contributed by atoms with Crippen molar-refractivity contribution >= 4 is 11.7 Å². The van der Waals surface area contributed by atoms with Gasteiger partial charge in [-0.25, -0.2) is 4.79 Å². The van der Waals surface area contributed by atoms with E-state index in [0.717, 1.165) is 16.7 Å². The lowest BCUT2D eigenvalue weighted by Crippen LogP contribution is -2.11. The molecule has 28 heavy (non-hydrogen) atoms. The first-order chi connectivity index (χ1) is 13.6. The number of pyridine rings is 1. The second-order valence-corrected chi connectivity index (χ2v) is 6.23. The average molecular weight is 372 g/mol. The van der Waals surface area contributed by atoms with Crippen molar-refractivity contribution in [1.29, 1.82) is 0 Å². The molecule has 2 aromatic carbocycles. The Morgan fingerprint density at radius 1 is 1.00 bits per heavy atom. The van der Waals surface area contributed by atoms with Gasteiger partial charge in [-0.15, -0.1) is 0 Å². The third kappa shape index (κ3) is 3.72. The fraction of sp³-hybridized carbons (Fsp3) is 0.182. The maximum atomic E-state index is 12.6. The first kappa shape index (κ1) is 19.1. The molecular formula is C22H20N4O2. The molecule has 0 unspecified atom stereocenters. The van der Waals surface area contributed by atoms with E-state index in [1.54, 1.807) is 20.8 Å². The van der Waals surface area contributed by atoms with Crippen molar-refractivity contribution in [3.8, 4) is 22.3 Å². The Bertz CT molecular complexity index is 1050. The molecule has 0 N–H and O–H groups in total. The molecule has 0 aliphatic heterocycles. The highest BCUT2D eigenvalue weighted by Crippen LogP contribution is 2.38. The fourth-order valence-electron chi connectivity index (χ4n) is 3.20. The van der Waals surface area contributed by atoms with E-state index in [0.29, 0.717) is 28.2 Å². The monoisotopic (exact) mass is 372 g/mol. The average Bonchev–Trinajstić information content (AvgIpc) is 2.70. The molecule has 140 valence electrons. The Morgan fingerprint density at radius 3 is 2.21 bits per heavy atom. The molecule has 6 nitrogen and oxygen atoms in total. The van der Waals surface area contributed by atoms with E-state index in [-0.39, 0.29) is 6.61 Å². The van der Waals surface area contributed by atoms with E-state index in [2.05, 4.69) is 15.0 Å². The van der Waals surface area contributed by atoms with Crippen LogP contribution in [0.5, 0.6) is 0 Å². The zero-order valence-corrected chi connectivity index (χ0v) is 16.0. The van der Waals surface area contributed by atoms with E-state index in [9.17, 15) is 4.79 Å². The van der Waals surface area contributed by atoms with Gasteiger partial charge in [0, 0.05) is 16.2 Å². The van der Waals surface area contributed by atoms with Crippen molar-refractivity contribution < 1.29 is 9.53 Å². The molecular weight excluding hydrogens is 352 g/mol. The van der Waals surface area contributed by atoms with Gasteiger partial charge < -0.3 is 4.74 Å². The largest absolute Gasteiger partial charge is 0.462 e. The van der Waals surface area contributed by atoms with Gasteiger partial charge in [-0.2, -0.15) is 0 Å². The molecule has 0 atom stereocenters. The van der Waals surface area contributed by atoms with E-state index >= 15 is 0 Å². The van der Waals surface area contributed by atoms with Crippen molar-refractivity contribution in [3.63, 3.8) is 0 Å². The highest BCUT2D eigenvalue weighted by atomic mass is 16.5. The lowest BCUT2D eigenvalue weighted by Gasteiger charge is -2.16. The molecule has 0 radical (unpaired) electrons. The van der Waals surface area contributed by atoms with Gasteiger partial charge >= 0.3 is 5.97 Å². The molecule has 0 saturated heterocycles. The summed E-state index contributed by atoms with van der Waals surface area (Å²) in [7, 11) is 0. The van der Waals surface area contributed by atoms with Gasteiger partial charge in [-0.3, -0.25) is 4.98 Å². The molecule has 3 rings (SSSR count). The summed E-state index contributed by atoms with van der Waals surface area (Å²) < 4.78 is 5.22. The summed E-state index contributed by atoms with van der Waals surface area (Å²) in [5.74, 6) is -0.482. The number of hydrogen-bond donors (Lipinski definition) is 0. The summed E-state index contributed by atoms with van der Waals surface area (Å²) >= 11 is 0. The van der Waals surface area contributed by atoms with E-state index < -0.39 is 5.97 Å². The van der Waals surface area contributed by atoms with Crippen LogP contribution in [0.15, 0.2) is 59.7 Å². The van der Waals surface area contributed by atoms with Gasteiger partial charge in [-0.1, -0.05) is 59.7 Å². The minimum Gasteiger partial charge on any atom is -0.462 e. The summed E-state index contributed by atoms with van der Waals surface area (Å²) in [5.41, 5.74) is 14.2. The van der Waals surface area contributed by atoms with Gasteiger partial charge in [-0.05, 0) is 43.0 Å². The minimum absolute atomic E-state index is 0.245. The Hall–Kier alpha value is -3.63. The van der Waals surface area contributed by atoms with Crippen molar-refractivity contribution in [1.82, 2.24) is 4.98 Å². The van der Waals surface area contributed by atoms with Crippen molar-refractivity contribution in [2.75, 3.05) is 6.61 Å². The van der Waals surface area contributed by atoms with Crippen LogP contribution >= 0.6 is 0 Å². The molecule has 6 heteroatoms. The molecule has 0 aliphatic carbocycles. The van der Waals surface area contributed by atoms with Crippen LogP contribution in [0.1, 0.15) is 28.7 Å². The molecule has 0 fully saturated rings. The number of benzene rings is 2. The molecule has 0 bridgehead atoms. The maximum Gasteiger partial charge on any atom is 0.340 e. The van der Waals surface area contributed by atoms with E-state index in [1.165, 1.54) is 0 Å². The van der Waals surface area contributed by atoms with Crippen LogP contribution in [-0.4, -0.2) is 17.6 Å². The van der Waals surface area contributed by atoms with Crippen LogP contribution in [0.4, 0.5) is 5.69 Å². The van der Waals surface area contributed by atoms with E-state index in [1.807, 2.05) is 54.6 Å². The van der Waals surface area contributed by atoms with Crippen LogP contribution in [0.2, 0.25) is 0 Å². The normalized spacial score (nSPS) is 10.2. The summed E-state index contributed by atoms with van der Waals surface area (Å²) in [6.07, 6.45) is 0. The predicted molar refractivity (Wildman–Crippen MR) is 109 cm³/mol. The van der Waals surface area contributed by atoms with Crippen LogP contribution in [0, 0.1) is 13.8 Å². The molecule has 0 amide bonds. The standard InChI is InChI=1S/C22H20N4O2/c1-4-28-22(27)19-14(2)24-15(3)21(25-26-23)20(19)18-12-10-17(11-13-18)16-8-6-5-7-9-16/h5-13H,4H2,1-3H3. The molecule has 1 aromatic heterocycles. The number of hydrogen-bond acceptors (Lipinski definition) is 4. The van der Waals surface area contributed by atoms with Gasteiger partial charge in [0.25, 0.3) is 0 Å². The number of nitrogens with zero attached hydrogens (tertiary/aromatic N) is 4. The Balaban J connectivity index is 2.21. The third-order valence-electron chi connectivity index (χ3n) is 4.43. The lowest BCUT2D eigenvalue weighted by atomic mass is 9.94. The predicted octanol–water partition coefficient (Wildman–Crippen LogP) is 6.15.